The zero-order valence-corrected chi connectivity index (χ0v) is 12.9. The molecular formula is C15H30O3. The zero-order chi connectivity index (χ0) is 13.8. The summed E-state index contributed by atoms with van der Waals surface area (Å²) < 4.78 is 17.0. The van der Waals surface area contributed by atoms with Crippen LogP contribution in [0.1, 0.15) is 54.4 Å². The standard InChI is InChI=1S/C15H30O3/c1-12(2)9-15(5,6)17-8-7-14(3,4)18-11-13-10-16-13/h12-13H,7-11H2,1-6H3. The minimum atomic E-state index is -0.125. The van der Waals surface area contributed by atoms with Crippen LogP contribution in [0.25, 0.3) is 0 Å². The molecule has 1 saturated heterocycles. The van der Waals surface area contributed by atoms with Crippen molar-refractivity contribution < 1.29 is 14.2 Å². The van der Waals surface area contributed by atoms with Gasteiger partial charge in [-0.1, -0.05) is 13.8 Å². The van der Waals surface area contributed by atoms with Crippen molar-refractivity contribution in [2.75, 3.05) is 19.8 Å². The van der Waals surface area contributed by atoms with Gasteiger partial charge < -0.3 is 14.2 Å². The van der Waals surface area contributed by atoms with E-state index in [-0.39, 0.29) is 11.2 Å². The van der Waals surface area contributed by atoms with Gasteiger partial charge in [-0.3, -0.25) is 0 Å². The predicted molar refractivity (Wildman–Crippen MR) is 73.9 cm³/mol. The summed E-state index contributed by atoms with van der Waals surface area (Å²) in [6.07, 6.45) is 2.34. The smallest absolute Gasteiger partial charge is 0.104 e. The molecule has 108 valence electrons. The monoisotopic (exact) mass is 258 g/mol. The normalized spacial score (nSPS) is 20.5. The molecule has 0 N–H and O–H groups in total. The van der Waals surface area contributed by atoms with Crippen molar-refractivity contribution in [1.29, 1.82) is 0 Å². The molecule has 1 aliphatic rings. The molecule has 3 heteroatoms. The summed E-state index contributed by atoms with van der Waals surface area (Å²) in [6, 6.07) is 0. The molecule has 1 atom stereocenters. The molecule has 1 rings (SSSR count). The van der Waals surface area contributed by atoms with Crippen molar-refractivity contribution >= 4 is 0 Å². The van der Waals surface area contributed by atoms with Crippen LogP contribution in [0.15, 0.2) is 0 Å². The fourth-order valence-electron chi connectivity index (χ4n) is 2.17. The summed E-state index contributed by atoms with van der Waals surface area (Å²) in [6.45, 7) is 15.3. The first-order valence-electron chi connectivity index (χ1n) is 7.10. The first-order valence-corrected chi connectivity index (χ1v) is 7.10. The molecule has 1 unspecified atom stereocenters. The lowest BCUT2D eigenvalue weighted by molar-refractivity contribution is -0.0797. The molecule has 0 radical (unpaired) electrons. The maximum atomic E-state index is 5.99. The topological polar surface area (TPSA) is 31.0 Å². The van der Waals surface area contributed by atoms with Crippen LogP contribution >= 0.6 is 0 Å². The van der Waals surface area contributed by atoms with Crippen molar-refractivity contribution in [3.63, 3.8) is 0 Å². The maximum absolute atomic E-state index is 5.99. The average molecular weight is 258 g/mol. The molecule has 1 fully saturated rings. The molecule has 0 amide bonds. The van der Waals surface area contributed by atoms with Gasteiger partial charge in [0.25, 0.3) is 0 Å². The van der Waals surface area contributed by atoms with Gasteiger partial charge in [0.1, 0.15) is 6.10 Å². The molecule has 0 aromatic carbocycles. The van der Waals surface area contributed by atoms with E-state index in [4.69, 9.17) is 14.2 Å². The second-order valence-corrected chi connectivity index (χ2v) is 6.98. The molecule has 3 nitrogen and oxygen atoms in total. The average Bonchev–Trinajstić information content (AvgIpc) is 2.94. The van der Waals surface area contributed by atoms with Gasteiger partial charge in [0.2, 0.25) is 0 Å². The summed E-state index contributed by atoms with van der Waals surface area (Å²) in [7, 11) is 0. The van der Waals surface area contributed by atoms with E-state index in [9.17, 15) is 0 Å². The Morgan fingerprint density at radius 3 is 2.22 bits per heavy atom. The highest BCUT2D eigenvalue weighted by Crippen LogP contribution is 2.23. The van der Waals surface area contributed by atoms with E-state index in [1.807, 2.05) is 0 Å². The highest BCUT2D eigenvalue weighted by molar-refractivity contribution is 4.75. The Labute approximate surface area is 112 Å². The van der Waals surface area contributed by atoms with Crippen LogP contribution < -0.4 is 0 Å². The van der Waals surface area contributed by atoms with Crippen molar-refractivity contribution in [1.82, 2.24) is 0 Å². The molecule has 0 bridgehead atoms. The Morgan fingerprint density at radius 1 is 1.11 bits per heavy atom. The Balaban J connectivity index is 2.17. The van der Waals surface area contributed by atoms with E-state index >= 15 is 0 Å². The summed E-state index contributed by atoms with van der Waals surface area (Å²) in [4.78, 5) is 0. The molecule has 18 heavy (non-hydrogen) atoms. The quantitative estimate of drug-likeness (QED) is 0.594. The number of hydrogen-bond acceptors (Lipinski definition) is 3. The third kappa shape index (κ3) is 7.34. The largest absolute Gasteiger partial charge is 0.375 e. The lowest BCUT2D eigenvalue weighted by Crippen LogP contribution is -2.32. The van der Waals surface area contributed by atoms with Crippen molar-refractivity contribution in [3.8, 4) is 0 Å². The molecule has 0 aromatic heterocycles. The second kappa shape index (κ2) is 6.36. The first kappa shape index (κ1) is 15.9. The van der Waals surface area contributed by atoms with Crippen LogP contribution in [0.3, 0.4) is 0 Å². The van der Waals surface area contributed by atoms with E-state index in [0.717, 1.165) is 26.1 Å². The molecular weight excluding hydrogens is 228 g/mol. The van der Waals surface area contributed by atoms with Crippen LogP contribution in [0.4, 0.5) is 0 Å². The van der Waals surface area contributed by atoms with Crippen LogP contribution in [0.2, 0.25) is 0 Å². The number of ether oxygens (including phenoxy) is 3. The third-order valence-electron chi connectivity index (χ3n) is 3.16. The van der Waals surface area contributed by atoms with Crippen LogP contribution in [0, 0.1) is 5.92 Å². The van der Waals surface area contributed by atoms with Crippen LogP contribution in [-0.2, 0) is 14.2 Å². The fraction of sp³-hybridized carbons (Fsp3) is 1.00. The van der Waals surface area contributed by atoms with Gasteiger partial charge in [0.05, 0.1) is 31.0 Å². The Morgan fingerprint density at radius 2 is 1.72 bits per heavy atom. The Kier molecular flexibility index (Phi) is 5.63. The first-order chi connectivity index (χ1) is 8.20. The summed E-state index contributed by atoms with van der Waals surface area (Å²) in [5, 5.41) is 0. The summed E-state index contributed by atoms with van der Waals surface area (Å²) in [5.74, 6) is 0.663. The number of epoxide rings is 1. The van der Waals surface area contributed by atoms with E-state index in [1.165, 1.54) is 0 Å². The van der Waals surface area contributed by atoms with E-state index < -0.39 is 0 Å². The predicted octanol–water partition coefficient (Wildman–Crippen LogP) is 3.41. The Bertz CT molecular complexity index is 242. The van der Waals surface area contributed by atoms with Gasteiger partial charge in [0.15, 0.2) is 0 Å². The minimum Gasteiger partial charge on any atom is -0.375 e. The van der Waals surface area contributed by atoms with Crippen molar-refractivity contribution in [2.24, 2.45) is 5.92 Å². The molecule has 1 heterocycles. The molecule has 0 saturated carbocycles. The molecule has 1 aliphatic heterocycles. The molecule has 0 aromatic rings. The van der Waals surface area contributed by atoms with Gasteiger partial charge in [-0.05, 0) is 46.5 Å². The third-order valence-corrected chi connectivity index (χ3v) is 3.16. The van der Waals surface area contributed by atoms with Crippen LogP contribution in [-0.4, -0.2) is 37.1 Å². The van der Waals surface area contributed by atoms with Crippen molar-refractivity contribution in [2.45, 2.75) is 71.7 Å². The maximum Gasteiger partial charge on any atom is 0.104 e. The van der Waals surface area contributed by atoms with E-state index in [1.54, 1.807) is 0 Å². The van der Waals surface area contributed by atoms with Gasteiger partial charge in [-0.25, -0.2) is 0 Å². The molecule has 0 spiro atoms. The van der Waals surface area contributed by atoms with Gasteiger partial charge in [0, 0.05) is 0 Å². The number of rotatable bonds is 9. The minimum absolute atomic E-state index is 0.0378. The lowest BCUT2D eigenvalue weighted by Gasteiger charge is -2.30. The van der Waals surface area contributed by atoms with Gasteiger partial charge in [-0.15, -0.1) is 0 Å². The van der Waals surface area contributed by atoms with Gasteiger partial charge in [-0.2, -0.15) is 0 Å². The second-order valence-electron chi connectivity index (χ2n) is 6.98. The summed E-state index contributed by atoms with van der Waals surface area (Å²) >= 11 is 0. The zero-order valence-electron chi connectivity index (χ0n) is 12.9. The van der Waals surface area contributed by atoms with E-state index in [0.29, 0.717) is 18.6 Å². The van der Waals surface area contributed by atoms with Gasteiger partial charge >= 0.3 is 0 Å². The SMILES string of the molecule is CC(C)CC(C)(C)OCCC(C)(C)OCC1CO1. The Hall–Kier alpha value is -0.120. The van der Waals surface area contributed by atoms with Crippen molar-refractivity contribution in [3.05, 3.63) is 0 Å². The van der Waals surface area contributed by atoms with E-state index in [2.05, 4.69) is 41.5 Å². The number of hydrogen-bond donors (Lipinski definition) is 0. The highest BCUT2D eigenvalue weighted by atomic mass is 16.6. The highest BCUT2D eigenvalue weighted by Gasteiger charge is 2.28. The summed E-state index contributed by atoms with van der Waals surface area (Å²) in [5.41, 5.74) is -0.163. The van der Waals surface area contributed by atoms with Crippen LogP contribution in [0.5, 0.6) is 0 Å². The molecule has 0 aliphatic carbocycles. The lowest BCUT2D eigenvalue weighted by atomic mass is 9.96. The fourth-order valence-corrected chi connectivity index (χ4v) is 2.17.